The monoisotopic (exact) mass is 295 g/mol. The number of ether oxygens (including phenoxy) is 1. The van der Waals surface area contributed by atoms with Gasteiger partial charge in [-0.3, -0.25) is 9.78 Å². The highest BCUT2D eigenvalue weighted by molar-refractivity contribution is 5.88. The fourth-order valence-electron chi connectivity index (χ4n) is 2.54. The Morgan fingerprint density at radius 2 is 2.14 bits per heavy atom. The van der Waals surface area contributed by atoms with Gasteiger partial charge in [-0.2, -0.15) is 0 Å². The lowest BCUT2D eigenvalue weighted by molar-refractivity contribution is -0.139. The molecule has 22 heavy (non-hydrogen) atoms. The molecular weight excluding hydrogens is 278 g/mol. The minimum absolute atomic E-state index is 0.157. The van der Waals surface area contributed by atoms with Crippen molar-refractivity contribution in [2.24, 2.45) is 0 Å². The van der Waals surface area contributed by atoms with Crippen molar-refractivity contribution in [2.75, 3.05) is 7.11 Å². The molecule has 0 bridgehead atoms. The van der Waals surface area contributed by atoms with Crippen molar-refractivity contribution in [2.45, 2.75) is 19.8 Å². The summed E-state index contributed by atoms with van der Waals surface area (Å²) in [6.07, 6.45) is 4.71. The number of para-hydroxylation sites is 1. The lowest BCUT2D eigenvalue weighted by Gasteiger charge is -2.12. The van der Waals surface area contributed by atoms with Crippen LogP contribution >= 0.6 is 0 Å². The van der Waals surface area contributed by atoms with Crippen LogP contribution in [-0.2, 0) is 22.4 Å². The second-order valence-electron chi connectivity index (χ2n) is 4.97. The maximum Gasteiger partial charge on any atom is 0.311 e. The Balaban J connectivity index is 2.20. The Hall–Kier alpha value is -2.69. The fourth-order valence-corrected chi connectivity index (χ4v) is 2.54. The van der Waals surface area contributed by atoms with Gasteiger partial charge in [-0.05, 0) is 12.1 Å². The van der Waals surface area contributed by atoms with Gasteiger partial charge in [-0.1, -0.05) is 25.1 Å². The molecule has 1 aromatic carbocycles. The second-order valence-corrected chi connectivity index (χ2v) is 4.97. The summed E-state index contributed by atoms with van der Waals surface area (Å²) in [6, 6.07) is 9.83. The van der Waals surface area contributed by atoms with E-state index in [0.29, 0.717) is 5.69 Å². The lowest BCUT2D eigenvalue weighted by Crippen LogP contribution is -2.08. The second kappa shape index (κ2) is 5.97. The predicted octanol–water partition coefficient (Wildman–Crippen LogP) is 2.70. The van der Waals surface area contributed by atoms with E-state index in [9.17, 15) is 4.79 Å². The van der Waals surface area contributed by atoms with Crippen LogP contribution in [0.15, 0.2) is 42.7 Å². The highest BCUT2D eigenvalue weighted by Crippen LogP contribution is 2.23. The Morgan fingerprint density at radius 3 is 2.91 bits per heavy atom. The quantitative estimate of drug-likeness (QED) is 0.694. The number of esters is 1. The first-order valence-corrected chi connectivity index (χ1v) is 7.21. The molecule has 112 valence electrons. The predicted molar refractivity (Wildman–Crippen MR) is 84.0 cm³/mol. The third-order valence-corrected chi connectivity index (χ3v) is 3.59. The molecule has 3 rings (SSSR count). The maximum atomic E-state index is 11.6. The van der Waals surface area contributed by atoms with Gasteiger partial charge in [-0.25, -0.2) is 4.98 Å². The molecule has 0 unspecified atom stereocenters. The molecule has 5 heteroatoms. The zero-order valence-corrected chi connectivity index (χ0v) is 12.6. The number of hydrogen-bond donors (Lipinski definition) is 0. The topological polar surface area (TPSA) is 57.0 Å². The van der Waals surface area contributed by atoms with E-state index in [4.69, 9.17) is 4.74 Å². The van der Waals surface area contributed by atoms with E-state index >= 15 is 0 Å². The number of benzene rings is 1. The molecule has 5 nitrogen and oxygen atoms in total. The van der Waals surface area contributed by atoms with Gasteiger partial charge in [0.15, 0.2) is 0 Å². The zero-order valence-electron chi connectivity index (χ0n) is 12.6. The number of carbonyl (C=O) groups is 1. The third-order valence-electron chi connectivity index (χ3n) is 3.59. The van der Waals surface area contributed by atoms with Crippen LogP contribution < -0.4 is 0 Å². The average molecular weight is 295 g/mol. The molecule has 2 heterocycles. The Morgan fingerprint density at radius 1 is 1.32 bits per heavy atom. The van der Waals surface area contributed by atoms with Crippen molar-refractivity contribution in [3.63, 3.8) is 0 Å². The summed E-state index contributed by atoms with van der Waals surface area (Å²) in [5.74, 6) is 0.676. The van der Waals surface area contributed by atoms with E-state index in [1.54, 1.807) is 6.20 Å². The van der Waals surface area contributed by atoms with Crippen LogP contribution in [0.5, 0.6) is 0 Å². The summed E-state index contributed by atoms with van der Waals surface area (Å²) < 4.78 is 6.79. The summed E-state index contributed by atoms with van der Waals surface area (Å²) in [4.78, 5) is 20.5. The maximum absolute atomic E-state index is 11.6. The number of imidazole rings is 1. The van der Waals surface area contributed by atoms with Crippen LogP contribution in [0.3, 0.4) is 0 Å². The van der Waals surface area contributed by atoms with Crippen molar-refractivity contribution < 1.29 is 9.53 Å². The van der Waals surface area contributed by atoms with Crippen molar-refractivity contribution in [1.29, 1.82) is 0 Å². The number of carbonyl (C=O) groups excluding carboxylic acids is 1. The molecule has 0 saturated heterocycles. The van der Waals surface area contributed by atoms with Crippen LogP contribution in [-0.4, -0.2) is 27.6 Å². The van der Waals surface area contributed by atoms with Crippen LogP contribution in [0, 0.1) is 0 Å². The van der Waals surface area contributed by atoms with Gasteiger partial charge in [0.2, 0.25) is 0 Å². The van der Waals surface area contributed by atoms with E-state index in [-0.39, 0.29) is 12.4 Å². The summed E-state index contributed by atoms with van der Waals surface area (Å²) in [5.41, 5.74) is 2.53. The number of fused-ring (bicyclic) bond motifs is 1. The standard InChI is InChI=1S/C17H17N3O2/c1-3-16-18-8-9-20(16)15-10-12(11-17(21)22-2)19-14-7-5-4-6-13(14)15/h4-10H,3,11H2,1-2H3. The largest absolute Gasteiger partial charge is 0.469 e. The Bertz CT molecular complexity index is 824. The minimum atomic E-state index is -0.296. The molecule has 2 aromatic heterocycles. The molecular formula is C17H17N3O2. The number of rotatable bonds is 4. The van der Waals surface area contributed by atoms with Gasteiger partial charge < -0.3 is 9.30 Å². The molecule has 0 amide bonds. The molecule has 0 spiro atoms. The number of pyridine rings is 1. The van der Waals surface area contributed by atoms with Gasteiger partial charge in [0.1, 0.15) is 5.82 Å². The van der Waals surface area contributed by atoms with Crippen molar-refractivity contribution in [3.8, 4) is 5.69 Å². The van der Waals surface area contributed by atoms with E-state index in [2.05, 4.69) is 16.9 Å². The molecule has 0 radical (unpaired) electrons. The van der Waals surface area contributed by atoms with Crippen LogP contribution in [0.2, 0.25) is 0 Å². The van der Waals surface area contributed by atoms with Crippen molar-refractivity contribution in [1.82, 2.24) is 14.5 Å². The average Bonchev–Trinajstić information content (AvgIpc) is 3.02. The van der Waals surface area contributed by atoms with Gasteiger partial charge in [0.25, 0.3) is 0 Å². The van der Waals surface area contributed by atoms with Crippen LogP contribution in [0.25, 0.3) is 16.6 Å². The summed E-state index contributed by atoms with van der Waals surface area (Å²) in [7, 11) is 1.38. The number of hydrogen-bond acceptors (Lipinski definition) is 4. The molecule has 0 aliphatic carbocycles. The van der Waals surface area contributed by atoms with Gasteiger partial charge >= 0.3 is 5.97 Å². The smallest absolute Gasteiger partial charge is 0.311 e. The van der Waals surface area contributed by atoms with Crippen molar-refractivity contribution in [3.05, 3.63) is 54.2 Å². The first kappa shape index (κ1) is 14.3. The number of nitrogens with zero attached hydrogens (tertiary/aromatic N) is 3. The summed E-state index contributed by atoms with van der Waals surface area (Å²) >= 11 is 0. The van der Waals surface area contributed by atoms with E-state index in [0.717, 1.165) is 28.8 Å². The van der Waals surface area contributed by atoms with Gasteiger partial charge in [0, 0.05) is 24.2 Å². The molecule has 0 atom stereocenters. The Labute approximate surface area is 128 Å². The first-order valence-electron chi connectivity index (χ1n) is 7.21. The molecule has 0 saturated carbocycles. The molecule has 0 N–H and O–H groups in total. The molecule has 3 aromatic rings. The zero-order chi connectivity index (χ0) is 15.5. The van der Waals surface area contributed by atoms with Gasteiger partial charge in [-0.15, -0.1) is 0 Å². The van der Waals surface area contributed by atoms with Gasteiger partial charge in [0.05, 0.1) is 30.4 Å². The normalized spacial score (nSPS) is 10.8. The third kappa shape index (κ3) is 2.57. The SMILES string of the molecule is CCc1nccn1-c1cc(CC(=O)OC)nc2ccccc12. The molecule has 0 aliphatic heterocycles. The minimum Gasteiger partial charge on any atom is -0.469 e. The highest BCUT2D eigenvalue weighted by Gasteiger charge is 2.12. The van der Waals surface area contributed by atoms with E-state index in [1.165, 1.54) is 7.11 Å². The summed E-state index contributed by atoms with van der Waals surface area (Å²) in [5, 5.41) is 1.03. The Kier molecular flexibility index (Phi) is 3.87. The number of aromatic nitrogens is 3. The highest BCUT2D eigenvalue weighted by atomic mass is 16.5. The molecule has 0 fully saturated rings. The summed E-state index contributed by atoms with van der Waals surface area (Å²) in [6.45, 7) is 2.07. The lowest BCUT2D eigenvalue weighted by atomic mass is 10.1. The first-order chi connectivity index (χ1) is 10.7. The fraction of sp³-hybridized carbons (Fsp3) is 0.235. The van der Waals surface area contributed by atoms with Crippen molar-refractivity contribution >= 4 is 16.9 Å². The van der Waals surface area contributed by atoms with E-state index < -0.39 is 0 Å². The van der Waals surface area contributed by atoms with Crippen LogP contribution in [0.4, 0.5) is 0 Å². The van der Waals surface area contributed by atoms with E-state index in [1.807, 2.05) is 41.1 Å². The molecule has 0 aliphatic rings. The van der Waals surface area contributed by atoms with Crippen LogP contribution in [0.1, 0.15) is 18.4 Å². The number of methoxy groups -OCH3 is 1. The number of aryl methyl sites for hydroxylation is 1.